The summed E-state index contributed by atoms with van der Waals surface area (Å²) in [6.07, 6.45) is 1.40. The summed E-state index contributed by atoms with van der Waals surface area (Å²) in [6.45, 7) is 2.03. The number of rotatable bonds is 0. The zero-order valence-corrected chi connectivity index (χ0v) is 7.69. The van der Waals surface area contributed by atoms with E-state index >= 15 is 0 Å². The van der Waals surface area contributed by atoms with Crippen LogP contribution < -0.4 is 5.73 Å². The lowest BCUT2D eigenvalue weighted by molar-refractivity contribution is 0.146. The van der Waals surface area contributed by atoms with Gasteiger partial charge in [-0.3, -0.25) is 0 Å². The van der Waals surface area contributed by atoms with Gasteiger partial charge in [0, 0.05) is 22.9 Å². The third-order valence-electron chi connectivity index (χ3n) is 2.17. The topological polar surface area (TPSA) is 62.0 Å². The van der Waals surface area contributed by atoms with Crippen LogP contribution in [-0.2, 0) is 0 Å². The van der Waals surface area contributed by atoms with Gasteiger partial charge in [-0.2, -0.15) is 0 Å². The molecule has 0 saturated carbocycles. The molecular weight excluding hydrogens is 172 g/mol. The molecule has 0 bridgehead atoms. The molecule has 1 aromatic heterocycles. The van der Waals surface area contributed by atoms with Crippen molar-refractivity contribution in [1.82, 2.24) is 4.98 Å². The van der Waals surface area contributed by atoms with Crippen LogP contribution in [0.25, 0.3) is 0 Å². The van der Waals surface area contributed by atoms with Gasteiger partial charge in [-0.25, -0.2) is 0 Å². The second-order valence-corrected chi connectivity index (χ2v) is 4.16. The molecule has 0 amide bonds. The van der Waals surface area contributed by atoms with E-state index in [0.29, 0.717) is 0 Å². The van der Waals surface area contributed by atoms with Gasteiger partial charge in [0.05, 0.1) is 5.69 Å². The Morgan fingerprint density at radius 3 is 3.25 bits per heavy atom. The molecule has 0 spiro atoms. The van der Waals surface area contributed by atoms with E-state index in [-0.39, 0.29) is 6.04 Å². The Morgan fingerprint density at radius 2 is 2.50 bits per heavy atom. The smallest absolute Gasteiger partial charge is 0.111 e. The van der Waals surface area contributed by atoms with Crippen LogP contribution >= 0.6 is 11.8 Å². The molecule has 2 unspecified atom stereocenters. The van der Waals surface area contributed by atoms with Crippen LogP contribution in [0.1, 0.15) is 17.4 Å². The number of aryl methyl sites for hydroxylation is 1. The van der Waals surface area contributed by atoms with Gasteiger partial charge in [-0.15, -0.1) is 11.8 Å². The Bertz CT molecular complexity index is 297. The number of nitrogens with one attached hydrogen (secondary N) is 1. The van der Waals surface area contributed by atoms with Crippen LogP contribution in [-0.4, -0.2) is 21.9 Å². The van der Waals surface area contributed by atoms with E-state index in [2.05, 4.69) is 4.98 Å². The van der Waals surface area contributed by atoms with E-state index in [0.717, 1.165) is 11.4 Å². The lowest BCUT2D eigenvalue weighted by Crippen LogP contribution is -2.33. The molecule has 0 aliphatic carbocycles. The molecule has 1 aliphatic rings. The number of nitrogens with two attached hydrogens (primary N) is 1. The number of hydrogen-bond donors (Lipinski definition) is 3. The molecule has 66 valence electrons. The van der Waals surface area contributed by atoms with E-state index in [1.165, 1.54) is 10.5 Å². The van der Waals surface area contributed by atoms with Gasteiger partial charge in [0.25, 0.3) is 0 Å². The number of aromatic amines is 1. The first kappa shape index (κ1) is 8.16. The predicted molar refractivity (Wildman–Crippen MR) is 49.2 cm³/mol. The van der Waals surface area contributed by atoms with Crippen LogP contribution in [0.4, 0.5) is 0 Å². The van der Waals surface area contributed by atoms with Crippen molar-refractivity contribution in [3.8, 4) is 0 Å². The number of H-pyrrole nitrogens is 1. The van der Waals surface area contributed by atoms with E-state index in [9.17, 15) is 5.11 Å². The fourth-order valence-corrected chi connectivity index (χ4v) is 2.59. The highest BCUT2D eigenvalue weighted by atomic mass is 32.2. The van der Waals surface area contributed by atoms with Crippen molar-refractivity contribution in [1.29, 1.82) is 0 Å². The number of fused-ring (bicyclic) bond motifs is 1. The third kappa shape index (κ3) is 1.07. The first-order valence-electron chi connectivity index (χ1n) is 3.94. The standard InChI is InChI=1S/C8H12N2OS/c1-4-2-10-6-7(11)5(9)3-12-8(4)6/h2,5,7,10-11H,3,9H2,1H3. The van der Waals surface area contributed by atoms with Crippen LogP contribution in [0.3, 0.4) is 0 Å². The summed E-state index contributed by atoms with van der Waals surface area (Å²) in [5.74, 6) is 0.798. The molecule has 2 rings (SSSR count). The van der Waals surface area contributed by atoms with Crippen molar-refractivity contribution >= 4 is 11.8 Å². The molecule has 1 aliphatic heterocycles. The monoisotopic (exact) mass is 184 g/mol. The first-order valence-corrected chi connectivity index (χ1v) is 4.93. The Morgan fingerprint density at radius 1 is 1.75 bits per heavy atom. The average Bonchev–Trinajstić information content (AvgIpc) is 2.41. The summed E-state index contributed by atoms with van der Waals surface area (Å²) >= 11 is 1.72. The predicted octanol–water partition coefficient (Wildman–Crippen LogP) is 0.790. The minimum Gasteiger partial charge on any atom is -0.385 e. The van der Waals surface area contributed by atoms with Crippen LogP contribution in [0.2, 0.25) is 0 Å². The van der Waals surface area contributed by atoms with Gasteiger partial charge in [-0.05, 0) is 12.5 Å². The normalized spacial score (nSPS) is 28.6. The van der Waals surface area contributed by atoms with Gasteiger partial charge in [0.1, 0.15) is 6.10 Å². The molecule has 0 aromatic carbocycles. The van der Waals surface area contributed by atoms with E-state index in [4.69, 9.17) is 5.73 Å². The van der Waals surface area contributed by atoms with Crippen molar-refractivity contribution in [2.75, 3.05) is 5.75 Å². The molecular formula is C8H12N2OS. The van der Waals surface area contributed by atoms with Gasteiger partial charge in [-0.1, -0.05) is 0 Å². The highest BCUT2D eigenvalue weighted by Crippen LogP contribution is 2.36. The van der Waals surface area contributed by atoms with Crippen LogP contribution in [0.5, 0.6) is 0 Å². The Labute approximate surface area is 75.4 Å². The molecule has 2 heterocycles. The van der Waals surface area contributed by atoms with E-state index < -0.39 is 6.10 Å². The summed E-state index contributed by atoms with van der Waals surface area (Å²) in [7, 11) is 0. The molecule has 4 heteroatoms. The fraction of sp³-hybridized carbons (Fsp3) is 0.500. The second-order valence-electron chi connectivity index (χ2n) is 3.13. The maximum Gasteiger partial charge on any atom is 0.111 e. The molecule has 1 aromatic rings. The van der Waals surface area contributed by atoms with Gasteiger partial charge in [0.15, 0.2) is 0 Å². The highest BCUT2D eigenvalue weighted by Gasteiger charge is 2.27. The minimum atomic E-state index is -0.519. The number of aliphatic hydroxyl groups excluding tert-OH is 1. The number of aliphatic hydroxyl groups is 1. The third-order valence-corrected chi connectivity index (χ3v) is 3.55. The minimum absolute atomic E-state index is 0.138. The van der Waals surface area contributed by atoms with Crippen LogP contribution in [0.15, 0.2) is 11.1 Å². The quantitative estimate of drug-likeness (QED) is 0.558. The highest BCUT2D eigenvalue weighted by molar-refractivity contribution is 7.99. The average molecular weight is 184 g/mol. The summed E-state index contributed by atoms with van der Waals surface area (Å²) < 4.78 is 0. The molecule has 12 heavy (non-hydrogen) atoms. The number of hydrogen-bond acceptors (Lipinski definition) is 3. The Balaban J connectivity index is 2.43. The molecule has 0 saturated heterocycles. The van der Waals surface area contributed by atoms with Crippen LogP contribution in [0, 0.1) is 6.92 Å². The number of thioether (sulfide) groups is 1. The maximum absolute atomic E-state index is 9.67. The lowest BCUT2D eigenvalue weighted by Gasteiger charge is -2.24. The van der Waals surface area contributed by atoms with Crippen molar-refractivity contribution in [2.24, 2.45) is 5.73 Å². The van der Waals surface area contributed by atoms with Crippen molar-refractivity contribution in [2.45, 2.75) is 24.0 Å². The summed E-state index contributed by atoms with van der Waals surface area (Å²) in [5.41, 5.74) is 7.79. The summed E-state index contributed by atoms with van der Waals surface area (Å²) in [4.78, 5) is 4.23. The van der Waals surface area contributed by atoms with E-state index in [1.54, 1.807) is 11.8 Å². The molecule has 2 atom stereocenters. The zero-order chi connectivity index (χ0) is 8.72. The molecule has 4 N–H and O–H groups in total. The fourth-order valence-electron chi connectivity index (χ4n) is 1.43. The second kappa shape index (κ2) is 2.80. The summed E-state index contributed by atoms with van der Waals surface area (Å²) in [6, 6.07) is -0.138. The zero-order valence-electron chi connectivity index (χ0n) is 6.87. The van der Waals surface area contributed by atoms with Gasteiger partial charge >= 0.3 is 0 Å². The SMILES string of the molecule is Cc1c[nH]c2c1SCC(N)C2O. The molecule has 3 nitrogen and oxygen atoms in total. The first-order chi connectivity index (χ1) is 5.70. The van der Waals surface area contributed by atoms with E-state index in [1.807, 2.05) is 13.1 Å². The Hall–Kier alpha value is -0.450. The Kier molecular flexibility index (Phi) is 1.90. The maximum atomic E-state index is 9.67. The molecule has 0 fully saturated rings. The summed E-state index contributed by atoms with van der Waals surface area (Å²) in [5, 5.41) is 9.67. The van der Waals surface area contributed by atoms with Crippen molar-refractivity contribution in [3.05, 3.63) is 17.5 Å². The van der Waals surface area contributed by atoms with Gasteiger partial charge < -0.3 is 15.8 Å². The lowest BCUT2D eigenvalue weighted by atomic mass is 10.1. The molecule has 0 radical (unpaired) electrons. The van der Waals surface area contributed by atoms with Crippen molar-refractivity contribution < 1.29 is 5.11 Å². The van der Waals surface area contributed by atoms with Gasteiger partial charge in [0.2, 0.25) is 0 Å². The largest absolute Gasteiger partial charge is 0.385 e. The van der Waals surface area contributed by atoms with Crippen molar-refractivity contribution in [3.63, 3.8) is 0 Å². The number of aromatic nitrogens is 1.